The lowest BCUT2D eigenvalue weighted by molar-refractivity contribution is 0.0608. The van der Waals surface area contributed by atoms with Gasteiger partial charge >= 0.3 is 0 Å². The first kappa shape index (κ1) is 18.4. The Morgan fingerprint density at radius 1 is 1.27 bits per heavy atom. The second-order valence-corrected chi connectivity index (χ2v) is 6.89. The van der Waals surface area contributed by atoms with Crippen LogP contribution in [-0.2, 0) is 0 Å². The van der Waals surface area contributed by atoms with Crippen LogP contribution in [0, 0.1) is 0 Å². The van der Waals surface area contributed by atoms with Crippen LogP contribution in [0.3, 0.4) is 0 Å². The second-order valence-electron chi connectivity index (χ2n) is 6.45. The molecule has 1 aromatic carbocycles. The van der Waals surface area contributed by atoms with Crippen LogP contribution in [0.5, 0.6) is 0 Å². The topological polar surface area (TPSA) is 62.3 Å². The van der Waals surface area contributed by atoms with Crippen molar-refractivity contribution in [3.63, 3.8) is 0 Å². The summed E-state index contributed by atoms with van der Waals surface area (Å²) in [6, 6.07) is 10.4. The normalized spacial score (nSPS) is 17.0. The maximum Gasteiger partial charge on any atom is 0.274 e. The van der Waals surface area contributed by atoms with Gasteiger partial charge < -0.3 is 10.2 Å². The standard InChI is InChI=1S/C20H22ClN3O2/c1-2-17-8-3-4-11-24(17)20(26)14-9-10-22-18(12-14)19(25)23-16-7-5-6-15(21)13-16/h5-7,9-10,12-13,17H,2-4,8,11H2,1H3,(H,23,25). The Labute approximate surface area is 158 Å². The minimum atomic E-state index is -0.368. The van der Waals surface area contributed by atoms with Crippen molar-refractivity contribution in [1.82, 2.24) is 9.88 Å². The van der Waals surface area contributed by atoms with Gasteiger partial charge in [0, 0.05) is 35.1 Å². The molecule has 1 atom stereocenters. The number of benzene rings is 1. The summed E-state index contributed by atoms with van der Waals surface area (Å²) in [5.74, 6) is -0.400. The third-order valence-corrected chi connectivity index (χ3v) is 4.92. The Morgan fingerprint density at radius 2 is 2.12 bits per heavy atom. The molecule has 1 saturated heterocycles. The molecule has 0 bridgehead atoms. The van der Waals surface area contributed by atoms with Crippen LogP contribution >= 0.6 is 11.6 Å². The van der Waals surface area contributed by atoms with E-state index in [1.54, 1.807) is 36.4 Å². The lowest BCUT2D eigenvalue weighted by Gasteiger charge is -2.35. The average molecular weight is 372 g/mol. The van der Waals surface area contributed by atoms with Gasteiger partial charge in [-0.15, -0.1) is 0 Å². The Hall–Kier alpha value is -2.40. The number of carbonyl (C=O) groups excluding carboxylic acids is 2. The number of halogens is 1. The van der Waals surface area contributed by atoms with Gasteiger partial charge in [-0.2, -0.15) is 0 Å². The summed E-state index contributed by atoms with van der Waals surface area (Å²) in [6.07, 6.45) is 5.67. The molecule has 0 spiro atoms. The molecular formula is C20H22ClN3O2. The van der Waals surface area contributed by atoms with Crippen molar-refractivity contribution in [1.29, 1.82) is 0 Å². The van der Waals surface area contributed by atoms with E-state index in [-0.39, 0.29) is 23.6 Å². The predicted molar refractivity (Wildman–Crippen MR) is 103 cm³/mol. The van der Waals surface area contributed by atoms with E-state index in [1.807, 2.05) is 4.90 Å². The van der Waals surface area contributed by atoms with Gasteiger partial charge in [0.1, 0.15) is 5.69 Å². The third-order valence-electron chi connectivity index (χ3n) is 4.68. The number of hydrogen-bond acceptors (Lipinski definition) is 3. The van der Waals surface area contributed by atoms with Gasteiger partial charge in [0.15, 0.2) is 0 Å². The Bertz CT molecular complexity index is 809. The second kappa shape index (κ2) is 8.32. The number of nitrogens with one attached hydrogen (secondary N) is 1. The molecular weight excluding hydrogens is 350 g/mol. The van der Waals surface area contributed by atoms with Crippen LogP contribution < -0.4 is 5.32 Å². The van der Waals surface area contributed by atoms with Gasteiger partial charge in [0.25, 0.3) is 11.8 Å². The van der Waals surface area contributed by atoms with Crippen molar-refractivity contribution in [2.24, 2.45) is 0 Å². The lowest BCUT2D eigenvalue weighted by atomic mass is 9.99. The summed E-state index contributed by atoms with van der Waals surface area (Å²) in [7, 11) is 0. The van der Waals surface area contributed by atoms with E-state index in [4.69, 9.17) is 11.6 Å². The van der Waals surface area contributed by atoms with Gasteiger partial charge in [-0.1, -0.05) is 24.6 Å². The molecule has 0 radical (unpaired) electrons. The van der Waals surface area contributed by atoms with E-state index >= 15 is 0 Å². The highest BCUT2D eigenvalue weighted by Gasteiger charge is 2.26. The zero-order valence-corrected chi connectivity index (χ0v) is 15.5. The molecule has 26 heavy (non-hydrogen) atoms. The quantitative estimate of drug-likeness (QED) is 0.866. The summed E-state index contributed by atoms with van der Waals surface area (Å²) < 4.78 is 0. The molecule has 6 heteroatoms. The van der Waals surface area contributed by atoms with Gasteiger partial charge in [-0.25, -0.2) is 0 Å². The van der Waals surface area contributed by atoms with Gasteiger partial charge in [0.2, 0.25) is 0 Å². The van der Waals surface area contributed by atoms with Crippen LogP contribution in [0.25, 0.3) is 0 Å². The van der Waals surface area contributed by atoms with Gasteiger partial charge in [-0.3, -0.25) is 14.6 Å². The highest BCUT2D eigenvalue weighted by Crippen LogP contribution is 2.22. The van der Waals surface area contributed by atoms with Crippen LogP contribution in [-0.4, -0.2) is 34.3 Å². The minimum Gasteiger partial charge on any atom is -0.336 e. The van der Waals surface area contributed by atoms with Crippen LogP contribution in [0.2, 0.25) is 5.02 Å². The first-order valence-electron chi connectivity index (χ1n) is 8.92. The van der Waals surface area contributed by atoms with Crippen molar-refractivity contribution in [3.05, 3.63) is 58.9 Å². The zero-order valence-electron chi connectivity index (χ0n) is 14.7. The van der Waals surface area contributed by atoms with Crippen molar-refractivity contribution in [3.8, 4) is 0 Å². The summed E-state index contributed by atoms with van der Waals surface area (Å²) in [6.45, 7) is 2.87. The summed E-state index contributed by atoms with van der Waals surface area (Å²) in [5, 5.41) is 3.29. The van der Waals surface area contributed by atoms with E-state index in [0.29, 0.717) is 16.3 Å². The number of carbonyl (C=O) groups is 2. The largest absolute Gasteiger partial charge is 0.336 e. The zero-order chi connectivity index (χ0) is 18.5. The molecule has 136 valence electrons. The number of likely N-dealkylation sites (tertiary alicyclic amines) is 1. The number of pyridine rings is 1. The predicted octanol–water partition coefficient (Wildman–Crippen LogP) is 4.39. The molecule has 3 rings (SSSR count). The van der Waals surface area contributed by atoms with E-state index in [0.717, 1.165) is 32.2 Å². The van der Waals surface area contributed by atoms with E-state index < -0.39 is 0 Å². The number of anilines is 1. The molecule has 2 heterocycles. The Morgan fingerprint density at radius 3 is 2.88 bits per heavy atom. The maximum atomic E-state index is 12.9. The first-order chi connectivity index (χ1) is 12.6. The van der Waals surface area contributed by atoms with Crippen molar-refractivity contribution < 1.29 is 9.59 Å². The van der Waals surface area contributed by atoms with Crippen molar-refractivity contribution >= 4 is 29.1 Å². The molecule has 2 aromatic rings. The molecule has 1 aliphatic heterocycles. The van der Waals surface area contributed by atoms with E-state index in [9.17, 15) is 9.59 Å². The molecule has 1 aliphatic rings. The number of nitrogens with zero attached hydrogens (tertiary/aromatic N) is 2. The molecule has 0 saturated carbocycles. The molecule has 1 N–H and O–H groups in total. The number of rotatable bonds is 4. The van der Waals surface area contributed by atoms with Gasteiger partial charge in [0.05, 0.1) is 0 Å². The highest BCUT2D eigenvalue weighted by atomic mass is 35.5. The molecule has 2 amide bonds. The SMILES string of the molecule is CCC1CCCCN1C(=O)c1ccnc(C(=O)Nc2cccc(Cl)c2)c1. The van der Waals surface area contributed by atoms with Crippen molar-refractivity contribution in [2.45, 2.75) is 38.6 Å². The van der Waals surface area contributed by atoms with Crippen LogP contribution in [0.1, 0.15) is 53.5 Å². The fourth-order valence-corrected chi connectivity index (χ4v) is 3.50. The summed E-state index contributed by atoms with van der Waals surface area (Å²) in [4.78, 5) is 31.4. The monoisotopic (exact) mass is 371 g/mol. The lowest BCUT2D eigenvalue weighted by Crippen LogP contribution is -2.43. The van der Waals surface area contributed by atoms with Gasteiger partial charge in [-0.05, 0) is 56.0 Å². The molecule has 5 nitrogen and oxygen atoms in total. The molecule has 1 aromatic heterocycles. The van der Waals surface area contributed by atoms with Crippen LogP contribution in [0.4, 0.5) is 5.69 Å². The molecule has 0 aliphatic carbocycles. The fraction of sp³-hybridized carbons (Fsp3) is 0.350. The smallest absolute Gasteiger partial charge is 0.274 e. The summed E-state index contributed by atoms with van der Waals surface area (Å²) in [5.41, 5.74) is 1.29. The van der Waals surface area contributed by atoms with Crippen LogP contribution in [0.15, 0.2) is 42.6 Å². The highest BCUT2D eigenvalue weighted by molar-refractivity contribution is 6.30. The minimum absolute atomic E-state index is 0.0317. The average Bonchev–Trinajstić information content (AvgIpc) is 2.67. The fourth-order valence-electron chi connectivity index (χ4n) is 3.31. The Balaban J connectivity index is 1.77. The molecule has 1 fully saturated rings. The maximum absolute atomic E-state index is 12.9. The Kier molecular flexibility index (Phi) is 5.89. The number of hydrogen-bond donors (Lipinski definition) is 1. The van der Waals surface area contributed by atoms with Crippen molar-refractivity contribution in [2.75, 3.05) is 11.9 Å². The van der Waals surface area contributed by atoms with E-state index in [2.05, 4.69) is 17.2 Å². The first-order valence-corrected chi connectivity index (χ1v) is 9.30. The van der Waals surface area contributed by atoms with E-state index in [1.165, 1.54) is 6.20 Å². The molecule has 1 unspecified atom stereocenters. The number of amides is 2. The number of piperidine rings is 1. The number of aromatic nitrogens is 1. The third kappa shape index (κ3) is 4.22. The summed E-state index contributed by atoms with van der Waals surface area (Å²) >= 11 is 5.94.